The Morgan fingerprint density at radius 3 is 2.74 bits per heavy atom. The van der Waals surface area contributed by atoms with Gasteiger partial charge in [0, 0.05) is 16.6 Å². The molecule has 0 atom stereocenters. The van der Waals surface area contributed by atoms with Crippen LogP contribution in [0.1, 0.15) is 18.1 Å². The third-order valence-electron chi connectivity index (χ3n) is 2.78. The van der Waals surface area contributed by atoms with Crippen LogP contribution in [0.15, 0.2) is 35.1 Å². The van der Waals surface area contributed by atoms with Crippen molar-refractivity contribution >= 4 is 27.6 Å². The Morgan fingerprint density at radius 1 is 1.26 bits per heavy atom. The quantitative estimate of drug-likeness (QED) is 0.583. The van der Waals surface area contributed by atoms with Crippen LogP contribution < -0.4 is 16.6 Å². The Kier molecular flexibility index (Phi) is 4.70. The summed E-state index contributed by atoms with van der Waals surface area (Å²) in [5.41, 5.74) is 4.76. The first-order valence-electron chi connectivity index (χ1n) is 6.03. The fourth-order valence-corrected chi connectivity index (χ4v) is 2.30. The average Bonchev–Trinajstić information content (AvgIpc) is 2.44. The number of hydrazine groups is 1. The monoisotopic (exact) mass is 321 g/mol. The van der Waals surface area contributed by atoms with Gasteiger partial charge in [0.1, 0.15) is 18.0 Å². The minimum absolute atomic E-state index is 0.661. The minimum Gasteiger partial charge on any atom is -0.366 e. The topological polar surface area (TPSA) is 75.9 Å². The van der Waals surface area contributed by atoms with Crippen molar-refractivity contribution in [2.75, 3.05) is 10.7 Å². The smallest absolute Gasteiger partial charge is 0.148 e. The second-order valence-corrected chi connectivity index (χ2v) is 4.95. The van der Waals surface area contributed by atoms with Gasteiger partial charge in [-0.15, -0.1) is 0 Å². The molecule has 1 aromatic heterocycles. The Labute approximate surface area is 120 Å². The van der Waals surface area contributed by atoms with Crippen LogP contribution in [0.2, 0.25) is 0 Å². The highest BCUT2D eigenvalue weighted by Crippen LogP contribution is 2.20. The summed E-state index contributed by atoms with van der Waals surface area (Å²) >= 11 is 3.46. The predicted octanol–water partition coefficient (Wildman–Crippen LogP) is 2.70. The highest BCUT2D eigenvalue weighted by atomic mass is 79.9. The maximum Gasteiger partial charge on any atom is 0.148 e. The fraction of sp³-hybridized carbons (Fsp3) is 0.231. The SMILES string of the molecule is CCc1c(NN)ncnc1NCc1cccc(Br)c1. The van der Waals surface area contributed by atoms with Crippen LogP contribution in [0.25, 0.3) is 0 Å². The molecule has 2 aromatic rings. The van der Waals surface area contributed by atoms with E-state index >= 15 is 0 Å². The second kappa shape index (κ2) is 6.49. The molecule has 4 N–H and O–H groups in total. The van der Waals surface area contributed by atoms with Gasteiger partial charge in [0.15, 0.2) is 0 Å². The van der Waals surface area contributed by atoms with E-state index in [1.165, 1.54) is 11.9 Å². The molecule has 0 saturated heterocycles. The van der Waals surface area contributed by atoms with Crippen LogP contribution in [0.3, 0.4) is 0 Å². The largest absolute Gasteiger partial charge is 0.366 e. The third-order valence-corrected chi connectivity index (χ3v) is 3.28. The lowest BCUT2D eigenvalue weighted by Gasteiger charge is -2.12. The van der Waals surface area contributed by atoms with E-state index in [4.69, 9.17) is 5.84 Å². The molecule has 0 aliphatic rings. The molecule has 2 rings (SSSR count). The van der Waals surface area contributed by atoms with Gasteiger partial charge in [-0.05, 0) is 24.1 Å². The zero-order chi connectivity index (χ0) is 13.7. The molecule has 0 radical (unpaired) electrons. The molecule has 0 fully saturated rings. The predicted molar refractivity (Wildman–Crippen MR) is 80.7 cm³/mol. The van der Waals surface area contributed by atoms with Gasteiger partial charge in [-0.3, -0.25) is 0 Å². The number of nitrogen functional groups attached to an aromatic ring is 1. The Hall–Kier alpha value is -1.66. The molecule has 0 bridgehead atoms. The molecule has 0 aliphatic carbocycles. The highest BCUT2D eigenvalue weighted by Gasteiger charge is 2.08. The van der Waals surface area contributed by atoms with E-state index < -0.39 is 0 Å². The van der Waals surface area contributed by atoms with Crippen LogP contribution in [-0.2, 0) is 13.0 Å². The van der Waals surface area contributed by atoms with Gasteiger partial charge in [-0.25, -0.2) is 15.8 Å². The lowest BCUT2D eigenvalue weighted by Crippen LogP contribution is -2.14. The number of benzene rings is 1. The number of hydrogen-bond donors (Lipinski definition) is 3. The van der Waals surface area contributed by atoms with Crippen molar-refractivity contribution in [3.05, 3.63) is 46.2 Å². The van der Waals surface area contributed by atoms with E-state index in [1.807, 2.05) is 19.1 Å². The molecule has 0 unspecified atom stereocenters. The van der Waals surface area contributed by atoms with Gasteiger partial charge in [-0.1, -0.05) is 35.0 Å². The summed E-state index contributed by atoms with van der Waals surface area (Å²) in [7, 11) is 0. The van der Waals surface area contributed by atoms with Crippen molar-refractivity contribution in [3.8, 4) is 0 Å². The summed E-state index contributed by atoms with van der Waals surface area (Å²) in [4.78, 5) is 8.37. The molecular weight excluding hydrogens is 306 g/mol. The van der Waals surface area contributed by atoms with Crippen LogP contribution in [0.4, 0.5) is 11.6 Å². The highest BCUT2D eigenvalue weighted by molar-refractivity contribution is 9.10. The first kappa shape index (κ1) is 13.8. The average molecular weight is 322 g/mol. The van der Waals surface area contributed by atoms with Gasteiger partial charge >= 0.3 is 0 Å². The Balaban J connectivity index is 2.15. The minimum atomic E-state index is 0.661. The van der Waals surface area contributed by atoms with Crippen molar-refractivity contribution in [2.45, 2.75) is 19.9 Å². The summed E-state index contributed by atoms with van der Waals surface area (Å²) in [5.74, 6) is 6.92. The fourth-order valence-electron chi connectivity index (χ4n) is 1.86. The summed E-state index contributed by atoms with van der Waals surface area (Å²) < 4.78 is 1.06. The van der Waals surface area contributed by atoms with Gasteiger partial charge < -0.3 is 10.7 Å². The Bertz CT molecular complexity index is 558. The maximum absolute atomic E-state index is 5.45. The molecule has 1 aromatic carbocycles. The molecule has 0 spiro atoms. The number of nitrogens with zero attached hydrogens (tertiary/aromatic N) is 2. The number of aromatic nitrogens is 2. The van der Waals surface area contributed by atoms with Gasteiger partial charge in [0.2, 0.25) is 0 Å². The summed E-state index contributed by atoms with van der Waals surface area (Å²) in [6.45, 7) is 2.75. The lowest BCUT2D eigenvalue weighted by atomic mass is 10.2. The summed E-state index contributed by atoms with van der Waals surface area (Å²) in [5, 5.41) is 3.31. The molecule has 0 saturated carbocycles. The number of anilines is 2. The van der Waals surface area contributed by atoms with Crippen molar-refractivity contribution in [3.63, 3.8) is 0 Å². The van der Waals surface area contributed by atoms with E-state index in [0.29, 0.717) is 12.4 Å². The van der Waals surface area contributed by atoms with Crippen LogP contribution >= 0.6 is 15.9 Å². The summed E-state index contributed by atoms with van der Waals surface area (Å²) in [6, 6.07) is 8.14. The normalized spacial score (nSPS) is 10.3. The molecule has 0 aliphatic heterocycles. The van der Waals surface area contributed by atoms with Crippen molar-refractivity contribution in [2.24, 2.45) is 5.84 Å². The van der Waals surface area contributed by atoms with E-state index in [2.05, 4.69) is 48.8 Å². The van der Waals surface area contributed by atoms with E-state index in [0.717, 1.165) is 22.3 Å². The molecule has 1 heterocycles. The van der Waals surface area contributed by atoms with Gasteiger partial charge in [-0.2, -0.15) is 0 Å². The number of hydrogen-bond acceptors (Lipinski definition) is 5. The van der Waals surface area contributed by atoms with Crippen molar-refractivity contribution in [1.29, 1.82) is 0 Å². The molecule has 100 valence electrons. The van der Waals surface area contributed by atoms with Crippen molar-refractivity contribution < 1.29 is 0 Å². The van der Waals surface area contributed by atoms with E-state index in [9.17, 15) is 0 Å². The molecule has 5 nitrogen and oxygen atoms in total. The van der Waals surface area contributed by atoms with Crippen molar-refractivity contribution in [1.82, 2.24) is 9.97 Å². The van der Waals surface area contributed by atoms with Gasteiger partial charge in [0.05, 0.1) is 0 Å². The number of halogens is 1. The zero-order valence-electron chi connectivity index (χ0n) is 10.7. The number of nitrogens with one attached hydrogen (secondary N) is 2. The lowest BCUT2D eigenvalue weighted by molar-refractivity contribution is 1.00. The molecule has 19 heavy (non-hydrogen) atoms. The number of rotatable bonds is 5. The summed E-state index contributed by atoms with van der Waals surface area (Å²) in [6.07, 6.45) is 2.30. The van der Waals surface area contributed by atoms with Gasteiger partial charge in [0.25, 0.3) is 0 Å². The first-order chi connectivity index (χ1) is 9.24. The van der Waals surface area contributed by atoms with Crippen LogP contribution in [0.5, 0.6) is 0 Å². The molecule has 0 amide bonds. The van der Waals surface area contributed by atoms with Crippen LogP contribution in [-0.4, -0.2) is 9.97 Å². The standard InChI is InChI=1S/C13H16BrN5/c1-2-11-12(17-8-18-13(11)19-15)16-7-9-4-3-5-10(14)6-9/h3-6,8H,2,7,15H2,1H3,(H2,16,17,18,19). The second-order valence-electron chi connectivity index (χ2n) is 4.03. The number of nitrogens with two attached hydrogens (primary N) is 1. The molecule has 6 heteroatoms. The van der Waals surface area contributed by atoms with Crippen LogP contribution in [0, 0.1) is 0 Å². The molecular formula is C13H16BrN5. The Morgan fingerprint density at radius 2 is 2.05 bits per heavy atom. The first-order valence-corrected chi connectivity index (χ1v) is 6.82. The third kappa shape index (κ3) is 3.42. The maximum atomic E-state index is 5.45. The zero-order valence-corrected chi connectivity index (χ0v) is 12.2. The van der Waals surface area contributed by atoms with E-state index in [-0.39, 0.29) is 0 Å². The van der Waals surface area contributed by atoms with E-state index in [1.54, 1.807) is 0 Å².